The summed E-state index contributed by atoms with van der Waals surface area (Å²) in [6.45, 7) is 1.81. The third-order valence-electron chi connectivity index (χ3n) is 4.44. The molecule has 0 fully saturated rings. The Morgan fingerprint density at radius 1 is 1.25 bits per heavy atom. The first-order valence-electron chi connectivity index (χ1n) is 9.28. The zero-order valence-electron chi connectivity index (χ0n) is 17.5. The average molecular weight is 489 g/mol. The van der Waals surface area contributed by atoms with Gasteiger partial charge in [-0.2, -0.15) is 5.26 Å². The molecule has 0 saturated carbocycles. The number of amides is 1. The molecule has 0 saturated heterocycles. The molecule has 1 N–H and O–H groups in total. The molecule has 3 aromatic rings. The van der Waals surface area contributed by atoms with E-state index in [-0.39, 0.29) is 4.90 Å². The van der Waals surface area contributed by atoms with Crippen molar-refractivity contribution in [3.63, 3.8) is 0 Å². The molecule has 2 aromatic carbocycles. The van der Waals surface area contributed by atoms with E-state index in [2.05, 4.69) is 16.4 Å². The van der Waals surface area contributed by atoms with Gasteiger partial charge in [-0.25, -0.2) is 13.4 Å². The van der Waals surface area contributed by atoms with E-state index >= 15 is 0 Å². The Morgan fingerprint density at radius 3 is 2.59 bits per heavy atom. The molecule has 166 valence electrons. The van der Waals surface area contributed by atoms with E-state index in [0.717, 1.165) is 14.2 Å². The van der Waals surface area contributed by atoms with Crippen molar-refractivity contribution in [2.75, 3.05) is 29.5 Å². The number of para-hydroxylation sites is 2. The van der Waals surface area contributed by atoms with Crippen molar-refractivity contribution in [2.24, 2.45) is 0 Å². The maximum absolute atomic E-state index is 13.0. The highest BCUT2D eigenvalue weighted by Gasteiger charge is 2.24. The number of aryl methyl sites for hydroxylation is 1. The lowest BCUT2D eigenvalue weighted by Crippen LogP contribution is -2.27. The quantitative estimate of drug-likeness (QED) is 0.474. The molecule has 1 amide bonds. The van der Waals surface area contributed by atoms with Crippen LogP contribution in [0.15, 0.2) is 57.6 Å². The van der Waals surface area contributed by atoms with Crippen LogP contribution < -0.4 is 14.4 Å². The molecule has 0 radical (unpaired) electrons. The van der Waals surface area contributed by atoms with Crippen LogP contribution in [0.25, 0.3) is 0 Å². The Kier molecular flexibility index (Phi) is 7.40. The van der Waals surface area contributed by atoms with Crippen LogP contribution in [0.1, 0.15) is 16.1 Å². The summed E-state index contributed by atoms with van der Waals surface area (Å²) in [6, 6.07) is 14.5. The minimum absolute atomic E-state index is 0.0442. The van der Waals surface area contributed by atoms with Crippen molar-refractivity contribution >= 4 is 49.8 Å². The Balaban J connectivity index is 1.77. The van der Waals surface area contributed by atoms with E-state index in [1.54, 1.807) is 24.3 Å². The molecular formula is C21H20N4O4S3. The van der Waals surface area contributed by atoms with Crippen molar-refractivity contribution in [3.05, 3.63) is 59.8 Å². The van der Waals surface area contributed by atoms with Crippen molar-refractivity contribution < 1.29 is 17.9 Å². The minimum atomic E-state index is -3.85. The number of carbonyl (C=O) groups excluding carboxylic acids is 1. The molecule has 0 aliphatic rings. The third kappa shape index (κ3) is 5.04. The van der Waals surface area contributed by atoms with Crippen molar-refractivity contribution in [1.82, 2.24) is 4.98 Å². The topological polar surface area (TPSA) is 112 Å². The van der Waals surface area contributed by atoms with Gasteiger partial charge in [-0.15, -0.1) is 0 Å². The van der Waals surface area contributed by atoms with Gasteiger partial charge in [0.05, 0.1) is 39.4 Å². The standard InChI is InChI=1S/C21H20N4O4S3/c1-14-20(30-13-12-22)31-21(23-14)24-19(26)15-8-10-16(11-9-15)32(27,28)25(2)17-6-4-5-7-18(17)29-3/h4-11H,13H2,1-3H3,(H,23,24,26). The number of anilines is 2. The van der Waals surface area contributed by atoms with Crippen LogP contribution in [0.4, 0.5) is 10.8 Å². The first-order valence-corrected chi connectivity index (χ1v) is 12.5. The smallest absolute Gasteiger partial charge is 0.264 e. The van der Waals surface area contributed by atoms with Gasteiger partial charge < -0.3 is 4.74 Å². The number of aromatic nitrogens is 1. The van der Waals surface area contributed by atoms with Gasteiger partial charge in [-0.3, -0.25) is 14.4 Å². The lowest BCUT2D eigenvalue weighted by Gasteiger charge is -2.21. The van der Waals surface area contributed by atoms with Crippen LogP contribution in [0.2, 0.25) is 0 Å². The van der Waals surface area contributed by atoms with Crippen LogP contribution >= 0.6 is 23.1 Å². The monoisotopic (exact) mass is 488 g/mol. The van der Waals surface area contributed by atoms with Crippen molar-refractivity contribution in [3.8, 4) is 11.8 Å². The number of methoxy groups -OCH3 is 1. The SMILES string of the molecule is COc1ccccc1N(C)S(=O)(=O)c1ccc(C(=O)Nc2nc(C)c(SCC#N)s2)cc1. The predicted molar refractivity (Wildman–Crippen MR) is 126 cm³/mol. The number of hydrogen-bond acceptors (Lipinski definition) is 8. The number of hydrogen-bond donors (Lipinski definition) is 1. The molecule has 11 heteroatoms. The number of benzene rings is 2. The summed E-state index contributed by atoms with van der Waals surface area (Å²) in [6.07, 6.45) is 0. The summed E-state index contributed by atoms with van der Waals surface area (Å²) in [5, 5.41) is 11.8. The normalized spacial score (nSPS) is 10.9. The second-order valence-electron chi connectivity index (χ2n) is 6.46. The Labute approximate surface area is 194 Å². The lowest BCUT2D eigenvalue weighted by atomic mass is 10.2. The number of thiazole rings is 1. The van der Waals surface area contributed by atoms with Crippen molar-refractivity contribution in [1.29, 1.82) is 5.26 Å². The number of ether oxygens (including phenoxy) is 1. The predicted octanol–water partition coefficient (Wildman–Crippen LogP) is 4.15. The number of nitrogens with one attached hydrogen (secondary N) is 1. The molecule has 3 rings (SSSR count). The number of nitriles is 1. The minimum Gasteiger partial charge on any atom is -0.495 e. The third-order valence-corrected chi connectivity index (χ3v) is 8.53. The first kappa shape index (κ1) is 23.6. The van der Waals surface area contributed by atoms with E-state index in [4.69, 9.17) is 10.00 Å². The summed E-state index contributed by atoms with van der Waals surface area (Å²) in [5.41, 5.74) is 1.44. The second-order valence-corrected chi connectivity index (χ2v) is 10.7. The van der Waals surface area contributed by atoms with Gasteiger partial charge in [0, 0.05) is 12.6 Å². The summed E-state index contributed by atoms with van der Waals surface area (Å²) < 4.78 is 33.3. The Hall–Kier alpha value is -3.07. The van der Waals surface area contributed by atoms with Crippen LogP contribution in [0.3, 0.4) is 0 Å². The molecule has 32 heavy (non-hydrogen) atoms. The highest BCUT2D eigenvalue weighted by atomic mass is 32.2. The van der Waals surface area contributed by atoms with Crippen molar-refractivity contribution in [2.45, 2.75) is 16.0 Å². The van der Waals surface area contributed by atoms with Gasteiger partial charge in [-0.1, -0.05) is 35.2 Å². The van der Waals surface area contributed by atoms with Gasteiger partial charge in [0.25, 0.3) is 15.9 Å². The van der Waals surface area contributed by atoms with Gasteiger partial charge >= 0.3 is 0 Å². The van der Waals surface area contributed by atoms with Gasteiger partial charge in [-0.05, 0) is 43.3 Å². The number of carbonyl (C=O) groups is 1. The summed E-state index contributed by atoms with van der Waals surface area (Å²) >= 11 is 2.65. The molecular weight excluding hydrogens is 468 g/mol. The fourth-order valence-corrected chi connectivity index (χ4v) is 5.79. The van der Waals surface area contributed by atoms with Crippen LogP contribution in [-0.2, 0) is 10.0 Å². The number of thioether (sulfide) groups is 1. The largest absolute Gasteiger partial charge is 0.495 e. The fourth-order valence-electron chi connectivity index (χ4n) is 2.79. The fraction of sp³-hybridized carbons (Fsp3) is 0.190. The van der Waals surface area contributed by atoms with Gasteiger partial charge in [0.1, 0.15) is 5.75 Å². The zero-order valence-corrected chi connectivity index (χ0v) is 20.0. The highest BCUT2D eigenvalue weighted by Crippen LogP contribution is 2.33. The average Bonchev–Trinajstić information content (AvgIpc) is 3.15. The lowest BCUT2D eigenvalue weighted by molar-refractivity contribution is 0.102. The first-order chi connectivity index (χ1) is 15.3. The molecule has 0 spiro atoms. The Morgan fingerprint density at radius 2 is 1.94 bits per heavy atom. The number of nitrogens with zero attached hydrogens (tertiary/aromatic N) is 3. The van der Waals surface area contributed by atoms with Crippen LogP contribution in [-0.4, -0.2) is 39.2 Å². The maximum atomic E-state index is 13.0. The molecule has 8 nitrogen and oxygen atoms in total. The van der Waals surface area contributed by atoms with E-state index < -0.39 is 15.9 Å². The van der Waals surface area contributed by atoms with Crippen LogP contribution in [0, 0.1) is 18.3 Å². The van der Waals surface area contributed by atoms with E-state index in [9.17, 15) is 13.2 Å². The summed E-state index contributed by atoms with van der Waals surface area (Å²) in [4.78, 5) is 16.9. The highest BCUT2D eigenvalue weighted by molar-refractivity contribution is 8.01. The van der Waals surface area contributed by atoms with Crippen LogP contribution in [0.5, 0.6) is 5.75 Å². The molecule has 1 aromatic heterocycles. The van der Waals surface area contributed by atoms with Gasteiger partial charge in [0.15, 0.2) is 5.13 Å². The molecule has 1 heterocycles. The number of sulfonamides is 1. The molecule has 0 atom stereocenters. The molecule has 0 bridgehead atoms. The molecule has 0 aliphatic carbocycles. The summed E-state index contributed by atoms with van der Waals surface area (Å²) in [7, 11) is -0.936. The molecule has 0 unspecified atom stereocenters. The van der Waals surface area contributed by atoms with Gasteiger partial charge in [0.2, 0.25) is 0 Å². The maximum Gasteiger partial charge on any atom is 0.264 e. The summed E-state index contributed by atoms with van der Waals surface area (Å²) in [5.74, 6) is 0.327. The van der Waals surface area contributed by atoms with E-state index in [0.29, 0.717) is 27.9 Å². The zero-order chi connectivity index (χ0) is 23.3. The number of rotatable bonds is 8. The molecule has 0 aliphatic heterocycles. The van der Waals surface area contributed by atoms with E-state index in [1.807, 2.05) is 6.92 Å². The second kappa shape index (κ2) is 10.0. The Bertz CT molecular complexity index is 1260. The van der Waals surface area contributed by atoms with E-state index in [1.165, 1.54) is 61.5 Å².